The maximum absolute atomic E-state index is 12.0. The van der Waals surface area contributed by atoms with Gasteiger partial charge in [-0.1, -0.05) is 42.5 Å². The first-order chi connectivity index (χ1) is 9.15. The summed E-state index contributed by atoms with van der Waals surface area (Å²) in [4.78, 5) is 10.7. The topological polar surface area (TPSA) is 54.4 Å². The van der Waals surface area contributed by atoms with Crippen LogP contribution in [0.4, 0.5) is 0 Å². The highest BCUT2D eigenvalue weighted by atomic mass is 32.2. The summed E-state index contributed by atoms with van der Waals surface area (Å²) in [7, 11) is -0.987. The minimum atomic E-state index is -0.987. The van der Waals surface area contributed by atoms with E-state index in [2.05, 4.69) is 0 Å². The van der Waals surface area contributed by atoms with E-state index in [1.165, 1.54) is 12.1 Å². The molecule has 2 aromatic carbocycles. The van der Waals surface area contributed by atoms with Gasteiger partial charge < -0.3 is 5.11 Å². The second kappa shape index (κ2) is 6.29. The Morgan fingerprint density at radius 3 is 1.95 bits per heavy atom. The molecule has 0 radical (unpaired) electrons. The van der Waals surface area contributed by atoms with Crippen molar-refractivity contribution in [1.82, 2.24) is 0 Å². The highest BCUT2D eigenvalue weighted by Crippen LogP contribution is 2.10. The Labute approximate surface area is 114 Å². The van der Waals surface area contributed by atoms with E-state index < -0.39 is 16.8 Å². The fourth-order valence-corrected chi connectivity index (χ4v) is 2.97. The van der Waals surface area contributed by atoms with Crippen molar-refractivity contribution in [2.45, 2.75) is 11.5 Å². The van der Waals surface area contributed by atoms with Gasteiger partial charge in [-0.15, -0.1) is 0 Å². The van der Waals surface area contributed by atoms with E-state index >= 15 is 0 Å². The molecule has 0 aliphatic rings. The number of aromatic carboxylic acids is 1. The summed E-state index contributed by atoms with van der Waals surface area (Å²) in [5, 5.41) is 8.79. The second-order valence-corrected chi connectivity index (χ2v) is 5.67. The third-order valence-corrected chi connectivity index (χ3v) is 4.01. The maximum Gasteiger partial charge on any atom is 0.335 e. The van der Waals surface area contributed by atoms with E-state index in [1.54, 1.807) is 12.1 Å². The predicted octanol–water partition coefficient (Wildman–Crippen LogP) is 2.83. The van der Waals surface area contributed by atoms with Crippen LogP contribution in [0.25, 0.3) is 0 Å². The Balaban J connectivity index is 1.97. The highest BCUT2D eigenvalue weighted by Gasteiger charge is 2.05. The quantitative estimate of drug-likeness (QED) is 0.912. The van der Waals surface area contributed by atoms with Crippen LogP contribution in [0.1, 0.15) is 21.5 Å². The molecule has 19 heavy (non-hydrogen) atoms. The fraction of sp³-hybridized carbons (Fsp3) is 0.133. The Bertz CT molecular complexity index is 576. The van der Waals surface area contributed by atoms with Crippen molar-refractivity contribution in [2.75, 3.05) is 0 Å². The maximum atomic E-state index is 12.0. The summed E-state index contributed by atoms with van der Waals surface area (Å²) in [5.74, 6) is 0.00742. The number of hydrogen-bond acceptors (Lipinski definition) is 2. The van der Waals surface area contributed by atoms with Crippen LogP contribution in [0.2, 0.25) is 0 Å². The summed E-state index contributed by atoms with van der Waals surface area (Å²) in [6, 6.07) is 16.2. The molecule has 0 fully saturated rings. The Morgan fingerprint density at radius 2 is 1.42 bits per heavy atom. The molecule has 1 unspecified atom stereocenters. The van der Waals surface area contributed by atoms with Gasteiger partial charge in [0.1, 0.15) is 0 Å². The Hall–Kier alpha value is -1.94. The molecule has 0 amide bonds. The van der Waals surface area contributed by atoms with E-state index in [0.29, 0.717) is 11.5 Å². The lowest BCUT2D eigenvalue weighted by atomic mass is 10.1. The van der Waals surface area contributed by atoms with Gasteiger partial charge in [-0.2, -0.15) is 0 Å². The number of rotatable bonds is 5. The van der Waals surface area contributed by atoms with Crippen molar-refractivity contribution in [3.63, 3.8) is 0 Å². The summed E-state index contributed by atoms with van der Waals surface area (Å²) in [6.45, 7) is 0. The van der Waals surface area contributed by atoms with Crippen molar-refractivity contribution in [3.05, 3.63) is 71.3 Å². The molecule has 0 aliphatic carbocycles. The molecule has 1 N–H and O–H groups in total. The largest absolute Gasteiger partial charge is 0.478 e. The second-order valence-electron chi connectivity index (χ2n) is 4.22. The molecule has 4 heteroatoms. The SMILES string of the molecule is O=C(O)c1ccc(CS(=O)Cc2ccccc2)cc1. The van der Waals surface area contributed by atoms with Gasteiger partial charge >= 0.3 is 5.97 Å². The molecule has 0 aromatic heterocycles. The molecule has 0 saturated heterocycles. The zero-order valence-electron chi connectivity index (χ0n) is 10.3. The van der Waals surface area contributed by atoms with Crippen LogP contribution in [-0.4, -0.2) is 15.3 Å². The van der Waals surface area contributed by atoms with E-state index in [0.717, 1.165) is 11.1 Å². The first-order valence-corrected chi connectivity index (χ1v) is 7.35. The van der Waals surface area contributed by atoms with Crippen LogP contribution in [0, 0.1) is 0 Å². The lowest BCUT2D eigenvalue weighted by Gasteiger charge is -2.03. The van der Waals surface area contributed by atoms with Gasteiger partial charge in [0.05, 0.1) is 5.56 Å². The van der Waals surface area contributed by atoms with Crippen LogP contribution < -0.4 is 0 Å². The van der Waals surface area contributed by atoms with Crippen LogP contribution in [0.15, 0.2) is 54.6 Å². The number of carboxylic acids is 1. The number of benzene rings is 2. The number of carbonyl (C=O) groups is 1. The third kappa shape index (κ3) is 4.03. The van der Waals surface area contributed by atoms with Crippen molar-refractivity contribution in [2.24, 2.45) is 0 Å². The summed E-state index contributed by atoms with van der Waals surface area (Å²) in [6.07, 6.45) is 0. The first-order valence-electron chi connectivity index (χ1n) is 5.86. The van der Waals surface area contributed by atoms with Crippen LogP contribution >= 0.6 is 0 Å². The van der Waals surface area contributed by atoms with Gasteiger partial charge in [-0.05, 0) is 23.3 Å². The monoisotopic (exact) mass is 274 g/mol. The van der Waals surface area contributed by atoms with Gasteiger partial charge in [0.25, 0.3) is 0 Å². The minimum absolute atomic E-state index is 0.248. The molecular formula is C15H14O3S. The molecule has 98 valence electrons. The van der Waals surface area contributed by atoms with Crippen molar-refractivity contribution >= 4 is 16.8 Å². The molecule has 0 aliphatic heterocycles. The first kappa shape index (κ1) is 13.5. The molecule has 2 aromatic rings. The average Bonchev–Trinajstić information content (AvgIpc) is 2.40. The van der Waals surface area contributed by atoms with E-state index in [1.807, 2.05) is 30.3 Å². The molecule has 0 bridgehead atoms. The lowest BCUT2D eigenvalue weighted by molar-refractivity contribution is 0.0697. The van der Waals surface area contributed by atoms with E-state index in [4.69, 9.17) is 5.11 Å². The van der Waals surface area contributed by atoms with Crippen molar-refractivity contribution in [1.29, 1.82) is 0 Å². The Kier molecular flexibility index (Phi) is 4.47. The summed E-state index contributed by atoms with van der Waals surface area (Å²) >= 11 is 0. The molecule has 3 nitrogen and oxygen atoms in total. The zero-order chi connectivity index (χ0) is 13.7. The van der Waals surface area contributed by atoms with Crippen LogP contribution in [-0.2, 0) is 22.3 Å². The van der Waals surface area contributed by atoms with Gasteiger partial charge in [0.15, 0.2) is 0 Å². The van der Waals surface area contributed by atoms with Crippen molar-refractivity contribution < 1.29 is 14.1 Å². The van der Waals surface area contributed by atoms with Gasteiger partial charge in [-0.25, -0.2) is 4.79 Å². The molecule has 0 saturated carbocycles. The number of hydrogen-bond donors (Lipinski definition) is 1. The highest BCUT2D eigenvalue weighted by molar-refractivity contribution is 7.83. The third-order valence-electron chi connectivity index (χ3n) is 2.70. The van der Waals surface area contributed by atoms with Gasteiger partial charge in [0.2, 0.25) is 0 Å². The van der Waals surface area contributed by atoms with E-state index in [9.17, 15) is 9.00 Å². The van der Waals surface area contributed by atoms with E-state index in [-0.39, 0.29) is 5.56 Å². The standard InChI is InChI=1S/C15H14O3S/c16-15(17)14-8-6-13(7-9-14)11-19(18)10-12-4-2-1-3-5-12/h1-9H,10-11H2,(H,16,17). The van der Waals surface area contributed by atoms with Crippen LogP contribution in [0.3, 0.4) is 0 Å². The molecule has 0 spiro atoms. The van der Waals surface area contributed by atoms with Crippen LogP contribution in [0.5, 0.6) is 0 Å². The minimum Gasteiger partial charge on any atom is -0.478 e. The zero-order valence-corrected chi connectivity index (χ0v) is 11.1. The van der Waals surface area contributed by atoms with Gasteiger partial charge in [0, 0.05) is 22.3 Å². The average molecular weight is 274 g/mol. The summed E-state index contributed by atoms with van der Waals surface area (Å²) < 4.78 is 12.0. The molecular weight excluding hydrogens is 260 g/mol. The molecule has 2 rings (SSSR count). The Morgan fingerprint density at radius 1 is 0.895 bits per heavy atom. The molecule has 0 heterocycles. The fourth-order valence-electron chi connectivity index (χ4n) is 1.74. The van der Waals surface area contributed by atoms with Crippen molar-refractivity contribution in [3.8, 4) is 0 Å². The summed E-state index contributed by atoms with van der Waals surface area (Å²) in [5.41, 5.74) is 2.18. The lowest BCUT2D eigenvalue weighted by Crippen LogP contribution is -2.01. The normalized spacial score (nSPS) is 12.0. The smallest absolute Gasteiger partial charge is 0.335 e. The van der Waals surface area contributed by atoms with Gasteiger partial charge in [-0.3, -0.25) is 4.21 Å². The number of carboxylic acid groups (broad SMARTS) is 1. The predicted molar refractivity (Wildman–Crippen MR) is 75.4 cm³/mol. The molecule has 1 atom stereocenters.